The summed E-state index contributed by atoms with van der Waals surface area (Å²) in [5, 5.41) is 17.3. The normalized spacial score (nSPS) is 9.03. The molecule has 11 heteroatoms. The van der Waals surface area contributed by atoms with Gasteiger partial charge in [0.1, 0.15) is 23.0 Å². The minimum absolute atomic E-state index is 0. The van der Waals surface area contributed by atoms with Crippen molar-refractivity contribution >= 4 is 11.9 Å². The van der Waals surface area contributed by atoms with Crippen LogP contribution in [0, 0.1) is 0 Å². The smallest absolute Gasteiger partial charge is 0.353 e. The molecule has 0 saturated carbocycles. The Hall–Kier alpha value is -4.32. The van der Waals surface area contributed by atoms with Gasteiger partial charge < -0.3 is 36.6 Å². The number of aromatic amines is 2. The Labute approximate surface area is 176 Å². The first-order valence-corrected chi connectivity index (χ1v) is 8.22. The first kappa shape index (κ1) is 26.7. The van der Waals surface area contributed by atoms with E-state index >= 15 is 0 Å². The van der Waals surface area contributed by atoms with Crippen molar-refractivity contribution in [2.75, 3.05) is 0 Å². The topological polar surface area (TPSA) is 226 Å². The lowest BCUT2D eigenvalue weighted by atomic mass is 10.2. The van der Waals surface area contributed by atoms with E-state index in [0.29, 0.717) is 11.6 Å². The molecule has 0 aliphatic rings. The molecule has 0 aliphatic carbocycles. The van der Waals surface area contributed by atoms with E-state index in [9.17, 15) is 9.59 Å². The molecule has 0 spiro atoms. The molecule has 4 rings (SSSR count). The van der Waals surface area contributed by atoms with Gasteiger partial charge in [0, 0.05) is 11.1 Å². The van der Waals surface area contributed by atoms with E-state index in [4.69, 9.17) is 10.2 Å². The van der Waals surface area contributed by atoms with Crippen molar-refractivity contribution in [2.45, 2.75) is 0 Å². The average molecular weight is 430 g/mol. The van der Waals surface area contributed by atoms with Gasteiger partial charge in [-0.1, -0.05) is 60.7 Å². The molecule has 0 radical (unpaired) electrons. The van der Waals surface area contributed by atoms with Crippen molar-refractivity contribution in [1.29, 1.82) is 0 Å². The van der Waals surface area contributed by atoms with Crippen LogP contribution < -0.4 is 0 Å². The predicted octanol–water partition coefficient (Wildman–Crippen LogP) is 1.08. The van der Waals surface area contributed by atoms with E-state index in [1.807, 2.05) is 60.7 Å². The minimum atomic E-state index is -1.00. The second-order valence-electron chi connectivity index (χ2n) is 5.63. The van der Waals surface area contributed by atoms with Crippen molar-refractivity contribution in [3.8, 4) is 22.8 Å². The fourth-order valence-electron chi connectivity index (χ4n) is 2.35. The maximum Gasteiger partial charge on any atom is 0.353 e. The first-order chi connectivity index (χ1) is 13.5. The fraction of sp³-hybridized carbons (Fsp3) is 0. The van der Waals surface area contributed by atoms with Crippen LogP contribution in [0.2, 0.25) is 0 Å². The molecule has 0 amide bonds. The molecule has 2 aromatic carbocycles. The van der Waals surface area contributed by atoms with Crippen LogP contribution in [0.3, 0.4) is 0 Å². The Morgan fingerprint density at radius 3 is 1.19 bits per heavy atom. The summed E-state index contributed by atoms with van der Waals surface area (Å²) in [6.45, 7) is 0. The van der Waals surface area contributed by atoms with Crippen molar-refractivity contribution in [2.24, 2.45) is 0 Å². The van der Waals surface area contributed by atoms with Crippen molar-refractivity contribution < 1.29 is 36.2 Å². The zero-order valence-electron chi connectivity index (χ0n) is 16.0. The number of H-pyrrole nitrogens is 2. The second kappa shape index (κ2) is 12.3. The number of rotatable bonds is 4. The third kappa shape index (κ3) is 6.90. The van der Waals surface area contributed by atoms with Gasteiger partial charge in [-0.25, -0.2) is 19.6 Å². The van der Waals surface area contributed by atoms with Gasteiger partial charge in [-0.15, -0.1) is 0 Å². The molecule has 164 valence electrons. The molecule has 0 saturated heterocycles. The van der Waals surface area contributed by atoms with E-state index in [0.717, 1.165) is 11.1 Å². The molecule has 0 atom stereocenters. The van der Waals surface area contributed by atoms with Gasteiger partial charge in [0.25, 0.3) is 0 Å². The van der Waals surface area contributed by atoms with E-state index in [2.05, 4.69) is 19.9 Å². The number of hydrogen-bond donors (Lipinski definition) is 4. The Kier molecular flexibility index (Phi) is 10.6. The highest BCUT2D eigenvalue weighted by Gasteiger charge is 2.08. The number of benzene rings is 2. The number of aromatic carboxylic acids is 2. The van der Waals surface area contributed by atoms with Crippen LogP contribution in [-0.2, 0) is 0 Å². The maximum atomic E-state index is 10.6. The van der Waals surface area contributed by atoms with E-state index in [-0.39, 0.29) is 27.8 Å². The summed E-state index contributed by atoms with van der Waals surface area (Å²) in [4.78, 5) is 34.5. The van der Waals surface area contributed by atoms with Crippen LogP contribution in [-0.4, -0.2) is 58.5 Å². The minimum Gasteiger partial charge on any atom is -0.477 e. The summed E-state index contributed by atoms with van der Waals surface area (Å²) < 4.78 is 0. The molecule has 2 aromatic heterocycles. The summed E-state index contributed by atoms with van der Waals surface area (Å²) in [6.07, 6.45) is 2.62. The molecule has 10 N–H and O–H groups in total. The number of carboxylic acids is 2. The van der Waals surface area contributed by atoms with Gasteiger partial charge in [-0.05, 0) is 0 Å². The Bertz CT molecular complexity index is 991. The molecule has 0 fully saturated rings. The number of aromatic nitrogens is 4. The quantitative estimate of drug-likeness (QED) is 0.370. The third-order valence-corrected chi connectivity index (χ3v) is 3.71. The zero-order valence-corrected chi connectivity index (χ0v) is 16.0. The van der Waals surface area contributed by atoms with Gasteiger partial charge in [-0.3, -0.25) is 0 Å². The van der Waals surface area contributed by atoms with Crippen molar-refractivity contribution in [3.05, 3.63) is 84.4 Å². The number of carboxylic acid groups (broad SMARTS) is 2. The average Bonchev–Trinajstić information content (AvgIpc) is 3.40. The van der Waals surface area contributed by atoms with Crippen LogP contribution >= 0.6 is 0 Å². The zero-order chi connectivity index (χ0) is 19.9. The van der Waals surface area contributed by atoms with Gasteiger partial charge in [0.15, 0.2) is 0 Å². The van der Waals surface area contributed by atoms with Gasteiger partial charge in [0.05, 0.1) is 12.4 Å². The molecular weight excluding hydrogens is 408 g/mol. The summed E-state index contributed by atoms with van der Waals surface area (Å²) in [6, 6.07) is 18.7. The largest absolute Gasteiger partial charge is 0.477 e. The second-order valence-corrected chi connectivity index (χ2v) is 5.63. The Morgan fingerprint density at radius 1 is 0.613 bits per heavy atom. The fourth-order valence-corrected chi connectivity index (χ4v) is 2.35. The highest BCUT2D eigenvalue weighted by Crippen LogP contribution is 2.15. The van der Waals surface area contributed by atoms with E-state index in [1.54, 1.807) is 0 Å². The molecule has 2 heterocycles. The van der Waals surface area contributed by atoms with Crippen molar-refractivity contribution in [3.63, 3.8) is 0 Å². The molecule has 0 unspecified atom stereocenters. The van der Waals surface area contributed by atoms with Gasteiger partial charge >= 0.3 is 11.9 Å². The molecule has 0 bridgehead atoms. The number of nitrogens with zero attached hydrogens (tertiary/aromatic N) is 2. The number of carbonyl (C=O) groups is 2. The monoisotopic (exact) mass is 430 g/mol. The van der Waals surface area contributed by atoms with Crippen LogP contribution in [0.5, 0.6) is 0 Å². The third-order valence-electron chi connectivity index (χ3n) is 3.71. The number of hydrogen-bond acceptors (Lipinski definition) is 4. The van der Waals surface area contributed by atoms with E-state index < -0.39 is 11.9 Å². The molecule has 0 aliphatic heterocycles. The lowest BCUT2D eigenvalue weighted by Crippen LogP contribution is -1.95. The highest BCUT2D eigenvalue weighted by atomic mass is 16.4. The Balaban J connectivity index is 0.000000529. The summed E-state index contributed by atoms with van der Waals surface area (Å²) in [7, 11) is 0. The van der Waals surface area contributed by atoms with E-state index in [1.165, 1.54) is 12.4 Å². The lowest BCUT2D eigenvalue weighted by molar-refractivity contribution is 0.0680. The SMILES string of the molecule is O.O.O.O=C(O)c1cnc(-c2ccccc2)[nH]1.O=C(O)c1cnc(-c2ccccc2)[nH]1. The highest BCUT2D eigenvalue weighted by molar-refractivity contribution is 5.86. The maximum absolute atomic E-state index is 10.6. The number of nitrogens with one attached hydrogen (secondary N) is 2. The van der Waals surface area contributed by atoms with Gasteiger partial charge in [-0.2, -0.15) is 0 Å². The molecule has 4 aromatic rings. The van der Waals surface area contributed by atoms with Crippen molar-refractivity contribution in [1.82, 2.24) is 19.9 Å². The first-order valence-electron chi connectivity index (χ1n) is 8.22. The van der Waals surface area contributed by atoms with Crippen LogP contribution in [0.15, 0.2) is 73.1 Å². The van der Waals surface area contributed by atoms with Crippen LogP contribution in [0.4, 0.5) is 0 Å². The summed E-state index contributed by atoms with van der Waals surface area (Å²) in [5.74, 6) is -0.856. The van der Waals surface area contributed by atoms with Crippen LogP contribution in [0.1, 0.15) is 21.0 Å². The van der Waals surface area contributed by atoms with Gasteiger partial charge in [0.2, 0.25) is 0 Å². The predicted molar refractivity (Wildman–Crippen MR) is 113 cm³/mol. The number of imidazole rings is 2. The molecule has 11 nitrogen and oxygen atoms in total. The summed E-state index contributed by atoms with van der Waals surface area (Å²) >= 11 is 0. The Morgan fingerprint density at radius 2 is 0.935 bits per heavy atom. The lowest BCUT2D eigenvalue weighted by Gasteiger charge is -1.93. The summed E-state index contributed by atoms with van der Waals surface area (Å²) in [5.41, 5.74) is 1.95. The van der Waals surface area contributed by atoms with Crippen LogP contribution in [0.25, 0.3) is 22.8 Å². The molecule has 31 heavy (non-hydrogen) atoms. The molecular formula is C20H22N4O7. The standard InChI is InChI=1S/2C10H8N2O2.3H2O/c2*13-10(14)8-6-11-9(12-8)7-4-2-1-3-5-7;;;/h2*1-6H,(H,11,12)(H,13,14);3*1H2.